The molecule has 3 N–H and O–H groups in total. The minimum Gasteiger partial charge on any atom is -0.307 e. The van der Waals surface area contributed by atoms with Crippen molar-refractivity contribution in [3.63, 3.8) is 0 Å². The molecular formula is C12H20ClN5O2S. The highest BCUT2D eigenvalue weighted by Crippen LogP contribution is 2.25. The van der Waals surface area contributed by atoms with Gasteiger partial charge in [-0.1, -0.05) is 18.5 Å². The number of nitrogens with zero attached hydrogens (tertiary/aromatic N) is 3. The number of rotatable bonds is 4. The number of hydrogen-bond donors (Lipinski definition) is 2. The normalized spacial score (nSPS) is 21.4. The Kier molecular flexibility index (Phi) is 5.05. The zero-order chi connectivity index (χ0) is 15.6. The molecule has 9 heteroatoms. The van der Waals surface area contributed by atoms with Gasteiger partial charge in [0.05, 0.1) is 5.02 Å². The molecule has 21 heavy (non-hydrogen) atoms. The molecule has 1 atom stereocenters. The van der Waals surface area contributed by atoms with Crippen molar-refractivity contribution in [3.05, 3.63) is 17.3 Å². The Morgan fingerprint density at radius 1 is 1.52 bits per heavy atom. The number of hydrogen-bond acceptors (Lipinski definition) is 6. The lowest BCUT2D eigenvalue weighted by molar-refractivity contribution is 0.135. The summed E-state index contributed by atoms with van der Waals surface area (Å²) in [6.07, 6.45) is 1.27. The number of piperazine rings is 1. The zero-order valence-electron chi connectivity index (χ0n) is 12.1. The van der Waals surface area contributed by atoms with Crippen LogP contribution < -0.4 is 11.3 Å². The van der Waals surface area contributed by atoms with Gasteiger partial charge < -0.3 is 5.43 Å². The molecule has 118 valence electrons. The summed E-state index contributed by atoms with van der Waals surface area (Å²) in [6, 6.07) is 1.56. The van der Waals surface area contributed by atoms with Crippen molar-refractivity contribution in [1.29, 1.82) is 0 Å². The van der Waals surface area contributed by atoms with Gasteiger partial charge in [0, 0.05) is 31.9 Å². The van der Waals surface area contributed by atoms with Gasteiger partial charge in [-0.25, -0.2) is 19.2 Å². The molecule has 7 nitrogen and oxygen atoms in total. The Bertz CT molecular complexity index is 610. The second kappa shape index (κ2) is 6.45. The maximum absolute atomic E-state index is 12.6. The summed E-state index contributed by atoms with van der Waals surface area (Å²) in [6.45, 7) is 6.67. The molecule has 1 aliphatic rings. The highest BCUT2D eigenvalue weighted by Gasteiger charge is 2.32. The average Bonchev–Trinajstić information content (AvgIpc) is 2.47. The highest BCUT2D eigenvalue weighted by atomic mass is 35.5. The molecule has 1 aromatic rings. The van der Waals surface area contributed by atoms with E-state index in [1.165, 1.54) is 16.6 Å². The molecule has 0 amide bonds. The zero-order valence-corrected chi connectivity index (χ0v) is 13.7. The number of anilines is 1. The second-order valence-electron chi connectivity index (χ2n) is 4.99. The molecular weight excluding hydrogens is 314 g/mol. The van der Waals surface area contributed by atoms with Gasteiger partial charge in [-0.3, -0.25) is 4.90 Å². The molecule has 1 aliphatic heterocycles. The number of nitrogen functional groups attached to an aromatic ring is 1. The third kappa shape index (κ3) is 3.29. The first kappa shape index (κ1) is 16.4. The average molecular weight is 334 g/mol. The van der Waals surface area contributed by atoms with E-state index in [1.54, 1.807) is 0 Å². The van der Waals surface area contributed by atoms with Crippen LogP contribution >= 0.6 is 11.6 Å². The lowest BCUT2D eigenvalue weighted by Gasteiger charge is -2.38. The summed E-state index contributed by atoms with van der Waals surface area (Å²) in [7, 11) is -3.58. The van der Waals surface area contributed by atoms with Crippen LogP contribution in [0.1, 0.15) is 13.8 Å². The second-order valence-corrected chi connectivity index (χ2v) is 7.33. The highest BCUT2D eigenvalue weighted by molar-refractivity contribution is 7.89. The first-order chi connectivity index (χ1) is 9.90. The lowest BCUT2D eigenvalue weighted by atomic mass is 10.2. The van der Waals surface area contributed by atoms with Gasteiger partial charge in [-0.2, -0.15) is 4.31 Å². The largest absolute Gasteiger partial charge is 0.307 e. The summed E-state index contributed by atoms with van der Waals surface area (Å²) < 4.78 is 26.8. The van der Waals surface area contributed by atoms with Crippen molar-refractivity contribution in [2.45, 2.75) is 24.8 Å². The summed E-state index contributed by atoms with van der Waals surface area (Å²) in [5.74, 6) is 5.49. The number of nitrogens with one attached hydrogen (secondary N) is 1. The predicted octanol–water partition coefficient (Wildman–Crippen LogP) is 0.735. The van der Waals surface area contributed by atoms with Crippen LogP contribution in [-0.4, -0.2) is 54.8 Å². The molecule has 0 saturated carbocycles. The Labute approximate surface area is 130 Å². The first-order valence-electron chi connectivity index (χ1n) is 6.76. The number of aromatic nitrogens is 1. The Morgan fingerprint density at radius 3 is 2.76 bits per heavy atom. The van der Waals surface area contributed by atoms with Crippen LogP contribution in [0.25, 0.3) is 0 Å². The molecule has 0 bridgehead atoms. The minimum absolute atomic E-state index is 0.0867. The van der Waals surface area contributed by atoms with Gasteiger partial charge in [0.2, 0.25) is 10.0 Å². The fourth-order valence-corrected chi connectivity index (χ4v) is 4.24. The third-order valence-electron chi connectivity index (χ3n) is 3.72. The summed E-state index contributed by atoms with van der Waals surface area (Å²) >= 11 is 5.95. The van der Waals surface area contributed by atoms with Gasteiger partial charge in [0.15, 0.2) is 5.82 Å². The van der Waals surface area contributed by atoms with E-state index in [0.717, 1.165) is 13.1 Å². The number of halogens is 1. The molecule has 0 spiro atoms. The van der Waals surface area contributed by atoms with Gasteiger partial charge in [-0.05, 0) is 19.5 Å². The molecule has 2 heterocycles. The van der Waals surface area contributed by atoms with Crippen molar-refractivity contribution in [1.82, 2.24) is 14.2 Å². The van der Waals surface area contributed by atoms with E-state index >= 15 is 0 Å². The Morgan fingerprint density at radius 2 is 2.24 bits per heavy atom. The third-order valence-corrected chi connectivity index (χ3v) is 5.84. The van der Waals surface area contributed by atoms with Crippen molar-refractivity contribution < 1.29 is 8.42 Å². The van der Waals surface area contributed by atoms with E-state index in [1.807, 2.05) is 6.92 Å². The molecule has 1 fully saturated rings. The maximum Gasteiger partial charge on any atom is 0.244 e. The summed E-state index contributed by atoms with van der Waals surface area (Å²) in [5.41, 5.74) is 2.32. The van der Waals surface area contributed by atoms with Crippen LogP contribution in [0, 0.1) is 0 Å². The van der Waals surface area contributed by atoms with Crippen molar-refractivity contribution >= 4 is 27.4 Å². The van der Waals surface area contributed by atoms with Crippen LogP contribution in [0.5, 0.6) is 0 Å². The van der Waals surface area contributed by atoms with Gasteiger partial charge in [0.1, 0.15) is 4.90 Å². The van der Waals surface area contributed by atoms with Gasteiger partial charge in [0.25, 0.3) is 0 Å². The predicted molar refractivity (Wildman–Crippen MR) is 82.5 cm³/mol. The topological polar surface area (TPSA) is 91.6 Å². The van der Waals surface area contributed by atoms with Crippen LogP contribution in [0.15, 0.2) is 17.2 Å². The number of sulfonamides is 1. The number of hydrazine groups is 1. The number of likely N-dealkylation sites (N-methyl/N-ethyl adjacent to an activating group) is 1. The van der Waals surface area contributed by atoms with Crippen LogP contribution in [0.2, 0.25) is 5.02 Å². The van der Waals surface area contributed by atoms with Crippen LogP contribution in [0.3, 0.4) is 0 Å². The van der Waals surface area contributed by atoms with Gasteiger partial charge in [-0.15, -0.1) is 0 Å². The molecule has 0 aromatic carbocycles. The Balaban J connectivity index is 2.24. The molecule has 1 saturated heterocycles. The molecule has 1 unspecified atom stereocenters. The van der Waals surface area contributed by atoms with Crippen molar-refractivity contribution in [2.24, 2.45) is 5.84 Å². The van der Waals surface area contributed by atoms with E-state index in [2.05, 4.69) is 22.2 Å². The molecule has 0 radical (unpaired) electrons. The summed E-state index contributed by atoms with van der Waals surface area (Å²) in [4.78, 5) is 6.26. The first-order valence-corrected chi connectivity index (χ1v) is 8.58. The molecule has 0 aliphatic carbocycles. The smallest absolute Gasteiger partial charge is 0.244 e. The quantitative estimate of drug-likeness (QED) is 0.623. The number of nitrogens with two attached hydrogens (primary N) is 1. The number of pyridine rings is 1. The SMILES string of the molecule is CCN1CCN(S(=O)(=O)c2cnc(NN)c(Cl)c2)CC1C. The minimum atomic E-state index is -3.58. The Hall–Kier alpha value is -0.930. The van der Waals surface area contributed by atoms with E-state index in [0.29, 0.717) is 13.1 Å². The summed E-state index contributed by atoms with van der Waals surface area (Å²) in [5, 5.41) is 0.179. The maximum atomic E-state index is 12.6. The van der Waals surface area contributed by atoms with E-state index < -0.39 is 10.0 Å². The fourth-order valence-electron chi connectivity index (χ4n) is 2.47. The van der Waals surface area contributed by atoms with Crippen molar-refractivity contribution in [2.75, 3.05) is 31.6 Å². The monoisotopic (exact) mass is 333 g/mol. The molecule has 1 aromatic heterocycles. The van der Waals surface area contributed by atoms with Crippen molar-refractivity contribution in [3.8, 4) is 0 Å². The van der Waals surface area contributed by atoms with E-state index in [-0.39, 0.29) is 21.8 Å². The van der Waals surface area contributed by atoms with Crippen LogP contribution in [-0.2, 0) is 10.0 Å². The van der Waals surface area contributed by atoms with E-state index in [9.17, 15) is 8.42 Å². The fraction of sp³-hybridized carbons (Fsp3) is 0.583. The lowest BCUT2D eigenvalue weighted by Crippen LogP contribution is -2.53. The van der Waals surface area contributed by atoms with Crippen LogP contribution in [0.4, 0.5) is 5.82 Å². The van der Waals surface area contributed by atoms with Gasteiger partial charge >= 0.3 is 0 Å². The molecule has 2 rings (SSSR count). The standard InChI is InChI=1S/C12H20ClN5O2S/c1-3-17-4-5-18(8-9(17)2)21(19,20)10-6-11(13)12(16-14)15-7-10/h6-7,9H,3-5,8,14H2,1-2H3,(H,15,16). The van der Waals surface area contributed by atoms with E-state index in [4.69, 9.17) is 17.4 Å².